The van der Waals surface area contributed by atoms with Gasteiger partial charge in [-0.05, 0) is 74.2 Å². The van der Waals surface area contributed by atoms with Crippen LogP contribution in [0.1, 0.15) is 39.9 Å². The van der Waals surface area contributed by atoms with Gasteiger partial charge in [-0.15, -0.1) is 0 Å². The molecule has 156 valence electrons. The van der Waals surface area contributed by atoms with Gasteiger partial charge < -0.3 is 14.6 Å². The highest BCUT2D eigenvalue weighted by molar-refractivity contribution is 5.98. The summed E-state index contributed by atoms with van der Waals surface area (Å²) in [5.41, 5.74) is 4.00. The van der Waals surface area contributed by atoms with Gasteiger partial charge in [0.25, 0.3) is 0 Å². The van der Waals surface area contributed by atoms with E-state index in [-0.39, 0.29) is 18.3 Å². The number of ether oxygens (including phenoxy) is 2. The van der Waals surface area contributed by atoms with Gasteiger partial charge >= 0.3 is 0 Å². The van der Waals surface area contributed by atoms with Gasteiger partial charge in [0.15, 0.2) is 5.78 Å². The average molecular weight is 398 g/mol. The maximum atomic E-state index is 13.1. The molecule has 0 bridgehead atoms. The maximum Gasteiger partial charge on any atom is 0.167 e. The van der Waals surface area contributed by atoms with Crippen LogP contribution in [0.4, 0.5) is 0 Å². The minimum absolute atomic E-state index is 0.0121. The Balaban J connectivity index is 1.63. The van der Waals surface area contributed by atoms with Crippen molar-refractivity contribution in [3.05, 3.63) is 58.7 Å². The van der Waals surface area contributed by atoms with E-state index >= 15 is 0 Å². The first-order valence-corrected chi connectivity index (χ1v) is 10.3. The molecule has 0 spiro atoms. The molecule has 0 amide bonds. The zero-order valence-electron chi connectivity index (χ0n) is 17.6. The van der Waals surface area contributed by atoms with Crippen molar-refractivity contribution in [2.75, 3.05) is 33.4 Å². The minimum atomic E-state index is 0.0121. The molecular formula is C24H31NO4. The standard InChI is InChI=1S/C24H31NO4/c1-17-13-21(14-18(2)24(17)28-3)23(27)20-5-4-10-25(16-20)15-19-6-8-22(9-7-19)29-12-11-26/h6-9,13-14,20,26H,4-5,10-12,15-16H2,1-3H3. The molecule has 0 aromatic heterocycles. The van der Waals surface area contributed by atoms with Crippen molar-refractivity contribution in [1.82, 2.24) is 4.90 Å². The summed E-state index contributed by atoms with van der Waals surface area (Å²) >= 11 is 0. The summed E-state index contributed by atoms with van der Waals surface area (Å²) in [6.45, 7) is 6.91. The number of rotatable bonds is 8. The van der Waals surface area contributed by atoms with Gasteiger partial charge in [-0.25, -0.2) is 0 Å². The third kappa shape index (κ3) is 5.37. The molecule has 1 heterocycles. The Hall–Kier alpha value is -2.37. The Morgan fingerprint density at radius 1 is 1.17 bits per heavy atom. The van der Waals surface area contributed by atoms with Crippen LogP contribution in [-0.2, 0) is 6.54 Å². The fourth-order valence-corrected chi connectivity index (χ4v) is 4.18. The number of hydrogen-bond donors (Lipinski definition) is 1. The lowest BCUT2D eigenvalue weighted by Crippen LogP contribution is -2.38. The monoisotopic (exact) mass is 397 g/mol. The maximum absolute atomic E-state index is 13.1. The molecule has 0 saturated carbocycles. The number of aryl methyl sites for hydroxylation is 2. The third-order valence-corrected chi connectivity index (χ3v) is 5.51. The van der Waals surface area contributed by atoms with E-state index in [1.807, 2.05) is 50.2 Å². The second-order valence-electron chi connectivity index (χ2n) is 7.80. The molecular weight excluding hydrogens is 366 g/mol. The van der Waals surface area contributed by atoms with Gasteiger partial charge in [-0.3, -0.25) is 9.69 Å². The predicted octanol–water partition coefficient (Wildman–Crippen LogP) is 3.78. The van der Waals surface area contributed by atoms with Gasteiger partial charge in [0, 0.05) is 24.6 Å². The van der Waals surface area contributed by atoms with Crippen LogP contribution in [0.3, 0.4) is 0 Å². The fourth-order valence-electron chi connectivity index (χ4n) is 4.18. The summed E-state index contributed by atoms with van der Waals surface area (Å²) in [5.74, 6) is 1.89. The molecule has 2 aromatic carbocycles. The summed E-state index contributed by atoms with van der Waals surface area (Å²) in [4.78, 5) is 15.5. The highest BCUT2D eigenvalue weighted by Crippen LogP contribution is 2.28. The zero-order valence-corrected chi connectivity index (χ0v) is 17.6. The normalized spacial score (nSPS) is 17.2. The van der Waals surface area contributed by atoms with Crippen LogP contribution < -0.4 is 9.47 Å². The molecule has 1 unspecified atom stereocenters. The van der Waals surface area contributed by atoms with E-state index in [0.29, 0.717) is 6.61 Å². The molecule has 29 heavy (non-hydrogen) atoms. The van der Waals surface area contributed by atoms with Crippen molar-refractivity contribution < 1.29 is 19.4 Å². The quantitative estimate of drug-likeness (QED) is 0.687. The van der Waals surface area contributed by atoms with E-state index in [9.17, 15) is 4.79 Å². The largest absolute Gasteiger partial charge is 0.496 e. The Bertz CT molecular complexity index is 808. The van der Waals surface area contributed by atoms with Gasteiger partial charge in [0.2, 0.25) is 0 Å². The molecule has 1 N–H and O–H groups in total. The number of methoxy groups -OCH3 is 1. The zero-order chi connectivity index (χ0) is 20.8. The molecule has 1 fully saturated rings. The van der Waals surface area contributed by atoms with Gasteiger partial charge in [-0.1, -0.05) is 12.1 Å². The number of nitrogens with zero attached hydrogens (tertiary/aromatic N) is 1. The first-order valence-electron chi connectivity index (χ1n) is 10.3. The molecule has 1 saturated heterocycles. The van der Waals surface area contributed by atoms with Gasteiger partial charge in [0.05, 0.1) is 13.7 Å². The number of hydrogen-bond acceptors (Lipinski definition) is 5. The van der Waals surface area contributed by atoms with Gasteiger partial charge in [0.1, 0.15) is 18.1 Å². The number of aliphatic hydroxyl groups is 1. The van der Waals surface area contributed by atoms with Crippen LogP contribution >= 0.6 is 0 Å². The van der Waals surface area contributed by atoms with E-state index in [1.54, 1.807) is 7.11 Å². The molecule has 1 aliphatic heterocycles. The van der Waals surface area contributed by atoms with Crippen molar-refractivity contribution in [3.8, 4) is 11.5 Å². The Labute approximate surface area is 173 Å². The number of ketones is 1. The second kappa shape index (κ2) is 9.90. The van der Waals surface area contributed by atoms with Crippen molar-refractivity contribution in [3.63, 3.8) is 0 Å². The molecule has 1 aliphatic rings. The predicted molar refractivity (Wildman–Crippen MR) is 114 cm³/mol. The lowest BCUT2D eigenvalue weighted by molar-refractivity contribution is 0.0811. The topological polar surface area (TPSA) is 59.0 Å². The molecule has 0 radical (unpaired) electrons. The van der Waals surface area contributed by atoms with Gasteiger partial charge in [-0.2, -0.15) is 0 Å². The SMILES string of the molecule is COc1c(C)cc(C(=O)C2CCCN(Cc3ccc(OCCO)cc3)C2)cc1C. The number of aliphatic hydroxyl groups excluding tert-OH is 1. The van der Waals surface area contributed by atoms with Crippen LogP contribution in [0.2, 0.25) is 0 Å². The second-order valence-corrected chi connectivity index (χ2v) is 7.80. The van der Waals surface area contributed by atoms with Crippen molar-refractivity contribution in [2.24, 2.45) is 5.92 Å². The lowest BCUT2D eigenvalue weighted by atomic mass is 9.88. The summed E-state index contributed by atoms with van der Waals surface area (Å²) in [6, 6.07) is 11.9. The number of Topliss-reactive ketones (excluding diaryl/α,β-unsaturated/α-hetero) is 1. The van der Waals surface area contributed by atoms with Crippen molar-refractivity contribution >= 4 is 5.78 Å². The Kier molecular flexibility index (Phi) is 7.29. The van der Waals surface area contributed by atoms with E-state index in [2.05, 4.69) is 4.90 Å². The first-order chi connectivity index (χ1) is 14.0. The van der Waals surface area contributed by atoms with Crippen LogP contribution in [0.15, 0.2) is 36.4 Å². The average Bonchev–Trinajstić information content (AvgIpc) is 2.72. The number of carbonyl (C=O) groups is 1. The summed E-state index contributed by atoms with van der Waals surface area (Å²) in [5, 5.41) is 8.84. The highest BCUT2D eigenvalue weighted by Gasteiger charge is 2.27. The number of piperidine rings is 1. The number of benzene rings is 2. The summed E-state index contributed by atoms with van der Waals surface area (Å²) in [7, 11) is 1.67. The fraction of sp³-hybridized carbons (Fsp3) is 0.458. The molecule has 5 nitrogen and oxygen atoms in total. The summed E-state index contributed by atoms with van der Waals surface area (Å²) < 4.78 is 10.8. The van der Waals surface area contributed by atoms with Crippen LogP contribution in [0.25, 0.3) is 0 Å². The highest BCUT2D eigenvalue weighted by atomic mass is 16.5. The number of likely N-dealkylation sites (tertiary alicyclic amines) is 1. The third-order valence-electron chi connectivity index (χ3n) is 5.51. The minimum Gasteiger partial charge on any atom is -0.496 e. The Morgan fingerprint density at radius 3 is 2.48 bits per heavy atom. The van der Waals surface area contributed by atoms with E-state index in [4.69, 9.17) is 14.6 Å². The molecule has 1 atom stereocenters. The molecule has 2 aromatic rings. The van der Waals surface area contributed by atoms with E-state index < -0.39 is 0 Å². The van der Waals surface area contributed by atoms with E-state index in [1.165, 1.54) is 5.56 Å². The number of carbonyl (C=O) groups excluding carboxylic acids is 1. The Morgan fingerprint density at radius 2 is 1.86 bits per heavy atom. The summed E-state index contributed by atoms with van der Waals surface area (Å²) in [6.07, 6.45) is 1.97. The molecule has 0 aliphatic carbocycles. The molecule has 5 heteroatoms. The molecule has 3 rings (SSSR count). The van der Waals surface area contributed by atoms with Crippen LogP contribution in [0.5, 0.6) is 11.5 Å². The van der Waals surface area contributed by atoms with Crippen LogP contribution in [0, 0.1) is 19.8 Å². The lowest BCUT2D eigenvalue weighted by Gasteiger charge is -2.32. The van der Waals surface area contributed by atoms with Crippen LogP contribution in [-0.4, -0.2) is 49.2 Å². The van der Waals surface area contributed by atoms with E-state index in [0.717, 1.165) is 60.7 Å². The smallest absolute Gasteiger partial charge is 0.167 e. The first kappa shape index (κ1) is 21.3. The van der Waals surface area contributed by atoms with Crippen molar-refractivity contribution in [2.45, 2.75) is 33.2 Å². The van der Waals surface area contributed by atoms with Crippen molar-refractivity contribution in [1.29, 1.82) is 0 Å².